The Hall–Kier alpha value is -2.19. The predicted octanol–water partition coefficient (Wildman–Crippen LogP) is 3.28. The highest BCUT2D eigenvalue weighted by Gasteiger charge is 2.19. The van der Waals surface area contributed by atoms with Crippen molar-refractivity contribution < 1.29 is 23.8 Å². The predicted molar refractivity (Wildman–Crippen MR) is 97.2 cm³/mol. The number of carbonyl (C=O) groups excluding carboxylic acids is 2. The van der Waals surface area contributed by atoms with E-state index in [1.54, 1.807) is 36.5 Å². The van der Waals surface area contributed by atoms with Gasteiger partial charge in [0.15, 0.2) is 17.6 Å². The van der Waals surface area contributed by atoms with Gasteiger partial charge in [-0.25, -0.2) is 0 Å². The summed E-state index contributed by atoms with van der Waals surface area (Å²) < 4.78 is 15.6. The Bertz CT molecular complexity index is 748. The van der Waals surface area contributed by atoms with Crippen LogP contribution in [0.5, 0.6) is 11.5 Å². The molecule has 3 rings (SSSR count). The maximum Gasteiger partial charge on any atom is 0.316 e. The van der Waals surface area contributed by atoms with Gasteiger partial charge in [-0.15, -0.1) is 23.1 Å². The zero-order valence-electron chi connectivity index (χ0n) is 13.5. The Balaban J connectivity index is 1.43. The van der Waals surface area contributed by atoms with Gasteiger partial charge in [-0.2, -0.15) is 0 Å². The van der Waals surface area contributed by atoms with Crippen LogP contribution in [0.4, 0.5) is 5.69 Å². The van der Waals surface area contributed by atoms with E-state index in [0.29, 0.717) is 17.2 Å². The summed E-state index contributed by atoms with van der Waals surface area (Å²) in [5.41, 5.74) is 0.559. The van der Waals surface area contributed by atoms with E-state index < -0.39 is 18.0 Å². The molecular formula is C17H17NO5S2. The molecule has 8 heteroatoms. The Labute approximate surface area is 153 Å². The van der Waals surface area contributed by atoms with Gasteiger partial charge in [0.1, 0.15) is 0 Å². The number of thioether (sulfide) groups is 1. The molecule has 6 nitrogen and oxygen atoms in total. The highest BCUT2D eigenvalue weighted by molar-refractivity contribution is 7.99. The number of benzene rings is 1. The maximum atomic E-state index is 12.1. The molecule has 0 fully saturated rings. The largest absolute Gasteiger partial charge is 0.454 e. The summed E-state index contributed by atoms with van der Waals surface area (Å²) in [6.45, 7) is 1.72. The first-order valence-corrected chi connectivity index (χ1v) is 9.65. The summed E-state index contributed by atoms with van der Waals surface area (Å²) in [6.07, 6.45) is -0.875. The highest BCUT2D eigenvalue weighted by atomic mass is 32.2. The first-order valence-electron chi connectivity index (χ1n) is 7.62. The van der Waals surface area contributed by atoms with E-state index >= 15 is 0 Å². The van der Waals surface area contributed by atoms with Crippen LogP contribution < -0.4 is 14.8 Å². The van der Waals surface area contributed by atoms with Gasteiger partial charge < -0.3 is 19.5 Å². The summed E-state index contributed by atoms with van der Waals surface area (Å²) in [4.78, 5) is 25.2. The molecule has 2 heterocycles. The Morgan fingerprint density at radius 1 is 1.32 bits per heavy atom. The fourth-order valence-electron chi connectivity index (χ4n) is 2.13. The van der Waals surface area contributed by atoms with Crippen LogP contribution in [0.15, 0.2) is 35.7 Å². The minimum Gasteiger partial charge on any atom is -0.454 e. The number of carbonyl (C=O) groups is 2. The van der Waals surface area contributed by atoms with Crippen LogP contribution in [0, 0.1) is 0 Å². The number of hydrogen-bond acceptors (Lipinski definition) is 7. The van der Waals surface area contributed by atoms with Crippen LogP contribution in [0.3, 0.4) is 0 Å². The van der Waals surface area contributed by atoms with Crippen molar-refractivity contribution >= 4 is 40.7 Å². The highest BCUT2D eigenvalue weighted by Crippen LogP contribution is 2.34. The average molecular weight is 379 g/mol. The second-order valence-electron chi connectivity index (χ2n) is 5.26. The van der Waals surface area contributed by atoms with E-state index in [1.165, 1.54) is 16.6 Å². The Morgan fingerprint density at radius 2 is 2.16 bits per heavy atom. The van der Waals surface area contributed by atoms with Crippen molar-refractivity contribution in [1.82, 2.24) is 0 Å². The summed E-state index contributed by atoms with van der Waals surface area (Å²) in [6, 6.07) is 9.09. The van der Waals surface area contributed by atoms with Crippen molar-refractivity contribution in [1.29, 1.82) is 0 Å². The van der Waals surface area contributed by atoms with E-state index in [1.807, 2.05) is 17.5 Å². The summed E-state index contributed by atoms with van der Waals surface area (Å²) >= 11 is 3.11. The number of thiophene rings is 1. The fourth-order valence-corrected chi connectivity index (χ4v) is 3.78. The third-order valence-corrected chi connectivity index (χ3v) is 5.38. The second-order valence-corrected chi connectivity index (χ2v) is 7.28. The molecule has 1 aromatic carbocycles. The third kappa shape index (κ3) is 4.90. The lowest BCUT2D eigenvalue weighted by Crippen LogP contribution is -2.30. The van der Waals surface area contributed by atoms with Gasteiger partial charge in [0.05, 0.1) is 5.75 Å². The zero-order chi connectivity index (χ0) is 17.6. The molecule has 0 spiro atoms. The zero-order valence-corrected chi connectivity index (χ0v) is 15.2. The standard InChI is InChI=1S/C17H17NO5S2/c1-11(23-16(19)9-24-8-13-3-2-6-25-13)17(20)18-12-4-5-14-15(7-12)22-10-21-14/h2-7,11H,8-10H2,1H3,(H,18,20)/t11-/m1/s1. The van der Waals surface area contributed by atoms with Crippen LogP contribution >= 0.6 is 23.1 Å². The molecule has 1 N–H and O–H groups in total. The van der Waals surface area contributed by atoms with Gasteiger partial charge in [0.2, 0.25) is 6.79 Å². The van der Waals surface area contributed by atoms with Crippen molar-refractivity contribution in [2.75, 3.05) is 17.9 Å². The van der Waals surface area contributed by atoms with Gasteiger partial charge in [0.25, 0.3) is 5.91 Å². The molecule has 0 radical (unpaired) electrons. The Morgan fingerprint density at radius 3 is 2.96 bits per heavy atom. The van der Waals surface area contributed by atoms with Crippen molar-refractivity contribution in [3.63, 3.8) is 0 Å². The molecule has 0 saturated heterocycles. The van der Waals surface area contributed by atoms with Gasteiger partial charge >= 0.3 is 5.97 Å². The van der Waals surface area contributed by atoms with Crippen LogP contribution in [0.2, 0.25) is 0 Å². The van der Waals surface area contributed by atoms with E-state index in [9.17, 15) is 9.59 Å². The van der Waals surface area contributed by atoms with Crippen LogP contribution in [0.25, 0.3) is 0 Å². The number of fused-ring (bicyclic) bond motifs is 1. The van der Waals surface area contributed by atoms with E-state index in [0.717, 1.165) is 5.75 Å². The molecule has 0 unspecified atom stereocenters. The van der Waals surface area contributed by atoms with Crippen molar-refractivity contribution in [2.45, 2.75) is 18.8 Å². The summed E-state index contributed by atoms with van der Waals surface area (Å²) in [5, 5.41) is 4.70. The van der Waals surface area contributed by atoms with E-state index in [-0.39, 0.29) is 12.5 Å². The Kier molecular flexibility index (Phi) is 5.83. The first-order chi connectivity index (χ1) is 12.1. The van der Waals surface area contributed by atoms with E-state index in [2.05, 4.69) is 5.32 Å². The number of esters is 1. The van der Waals surface area contributed by atoms with Crippen molar-refractivity contribution in [2.24, 2.45) is 0 Å². The normalized spacial score (nSPS) is 13.3. The SMILES string of the molecule is C[C@@H](OC(=O)CSCc1cccs1)C(=O)Nc1ccc2c(c1)OCO2. The quantitative estimate of drug-likeness (QED) is 0.744. The van der Waals surface area contributed by atoms with Crippen molar-refractivity contribution in [3.8, 4) is 11.5 Å². The molecule has 1 atom stereocenters. The van der Waals surface area contributed by atoms with Gasteiger partial charge in [0, 0.05) is 22.4 Å². The average Bonchev–Trinajstić information content (AvgIpc) is 3.25. The molecular weight excluding hydrogens is 362 g/mol. The third-order valence-electron chi connectivity index (χ3n) is 3.36. The number of nitrogens with one attached hydrogen (secondary N) is 1. The summed E-state index contributed by atoms with van der Waals surface area (Å²) in [7, 11) is 0. The number of ether oxygens (including phenoxy) is 3. The molecule has 1 amide bonds. The lowest BCUT2D eigenvalue weighted by molar-refractivity contribution is -0.150. The topological polar surface area (TPSA) is 73.9 Å². The second kappa shape index (κ2) is 8.26. The molecule has 1 aliphatic rings. The maximum absolute atomic E-state index is 12.1. The molecule has 25 heavy (non-hydrogen) atoms. The molecule has 132 valence electrons. The molecule has 1 aliphatic heterocycles. The minimum absolute atomic E-state index is 0.171. The molecule has 2 aromatic rings. The van der Waals surface area contributed by atoms with Gasteiger partial charge in [-0.05, 0) is 30.5 Å². The van der Waals surface area contributed by atoms with Crippen LogP contribution in [-0.4, -0.2) is 30.5 Å². The lowest BCUT2D eigenvalue weighted by Gasteiger charge is -2.13. The molecule has 0 aliphatic carbocycles. The number of hydrogen-bond donors (Lipinski definition) is 1. The molecule has 0 bridgehead atoms. The number of anilines is 1. The molecule has 0 saturated carbocycles. The number of amides is 1. The van der Waals surface area contributed by atoms with Crippen molar-refractivity contribution in [3.05, 3.63) is 40.6 Å². The first kappa shape index (κ1) is 17.6. The van der Waals surface area contributed by atoms with Gasteiger partial charge in [-0.1, -0.05) is 6.07 Å². The number of rotatable bonds is 7. The van der Waals surface area contributed by atoms with Crippen LogP contribution in [-0.2, 0) is 20.1 Å². The lowest BCUT2D eigenvalue weighted by atomic mass is 10.2. The van der Waals surface area contributed by atoms with Gasteiger partial charge in [-0.3, -0.25) is 9.59 Å². The monoisotopic (exact) mass is 379 g/mol. The fraction of sp³-hybridized carbons (Fsp3) is 0.294. The summed E-state index contributed by atoms with van der Waals surface area (Å²) in [5.74, 6) is 1.38. The van der Waals surface area contributed by atoms with E-state index in [4.69, 9.17) is 14.2 Å². The molecule has 1 aromatic heterocycles. The minimum atomic E-state index is -0.875. The van der Waals surface area contributed by atoms with Crippen LogP contribution in [0.1, 0.15) is 11.8 Å². The smallest absolute Gasteiger partial charge is 0.316 e.